The van der Waals surface area contributed by atoms with Crippen molar-refractivity contribution in [2.75, 3.05) is 5.32 Å². The number of rotatable bonds is 8. The number of nitrogens with zero attached hydrogens (tertiary/aromatic N) is 3. The van der Waals surface area contributed by atoms with Crippen molar-refractivity contribution >= 4 is 22.7 Å². The van der Waals surface area contributed by atoms with E-state index in [4.69, 9.17) is 0 Å². The minimum atomic E-state index is -0.00295. The van der Waals surface area contributed by atoms with Crippen LogP contribution in [-0.2, 0) is 6.54 Å². The first-order valence-electron chi connectivity index (χ1n) is 9.40. The van der Waals surface area contributed by atoms with Crippen molar-refractivity contribution in [3.63, 3.8) is 0 Å². The van der Waals surface area contributed by atoms with Crippen LogP contribution in [0.2, 0.25) is 0 Å². The van der Waals surface area contributed by atoms with Crippen molar-refractivity contribution in [2.45, 2.75) is 46.1 Å². The van der Waals surface area contributed by atoms with Crippen molar-refractivity contribution in [3.05, 3.63) is 59.0 Å². The van der Waals surface area contributed by atoms with Gasteiger partial charge in [-0.15, -0.1) is 0 Å². The van der Waals surface area contributed by atoms with E-state index in [-0.39, 0.29) is 5.56 Å². The lowest BCUT2D eigenvalue weighted by molar-refractivity contribution is 0.390. The van der Waals surface area contributed by atoms with Crippen LogP contribution in [0.1, 0.15) is 39.5 Å². The molecule has 0 spiro atoms. The molecule has 0 saturated heterocycles. The molecule has 0 radical (unpaired) electrons. The van der Waals surface area contributed by atoms with Gasteiger partial charge < -0.3 is 5.32 Å². The molecule has 1 atom stereocenters. The predicted octanol–water partition coefficient (Wildman–Crippen LogP) is 4.75. The first-order valence-corrected chi connectivity index (χ1v) is 9.40. The number of nitrogens with one attached hydrogen (secondary N) is 1. The largest absolute Gasteiger partial charge is 0.324 e. The summed E-state index contributed by atoms with van der Waals surface area (Å²) >= 11 is 0. The maximum Gasteiger partial charge on any atom is 0.252 e. The maximum absolute atomic E-state index is 12.5. The smallest absolute Gasteiger partial charge is 0.252 e. The van der Waals surface area contributed by atoms with Crippen LogP contribution in [0.25, 0.3) is 11.0 Å². The van der Waals surface area contributed by atoms with Gasteiger partial charge in [0.05, 0.1) is 0 Å². The molecule has 3 rings (SSSR count). The Kier molecular flexibility index (Phi) is 6.00. The quantitative estimate of drug-likeness (QED) is 0.637. The molecule has 1 unspecified atom stereocenters. The van der Waals surface area contributed by atoms with Crippen molar-refractivity contribution in [2.24, 2.45) is 5.92 Å². The Morgan fingerprint density at radius 1 is 1.12 bits per heavy atom. The molecule has 3 aromatic rings. The van der Waals surface area contributed by atoms with Crippen LogP contribution in [-0.4, -0.2) is 14.5 Å². The number of benzene rings is 1. The summed E-state index contributed by atoms with van der Waals surface area (Å²) in [6.07, 6.45) is 6.33. The minimum absolute atomic E-state index is 0.00295. The van der Waals surface area contributed by atoms with Gasteiger partial charge in [0.2, 0.25) is 5.95 Å². The number of anilines is 2. The van der Waals surface area contributed by atoms with Crippen molar-refractivity contribution in [1.82, 2.24) is 14.5 Å². The van der Waals surface area contributed by atoms with Gasteiger partial charge in [-0.2, -0.15) is 4.98 Å². The van der Waals surface area contributed by atoms with E-state index in [9.17, 15) is 4.79 Å². The molecule has 0 aliphatic rings. The topological polar surface area (TPSA) is 59.8 Å². The van der Waals surface area contributed by atoms with Crippen LogP contribution in [0.4, 0.5) is 11.6 Å². The fraction of sp³-hybridized carbons (Fsp3) is 0.381. The zero-order chi connectivity index (χ0) is 18.4. The summed E-state index contributed by atoms with van der Waals surface area (Å²) in [6.45, 7) is 5.09. The molecule has 0 aliphatic carbocycles. The van der Waals surface area contributed by atoms with Crippen LogP contribution in [0.3, 0.4) is 0 Å². The third-order valence-corrected chi connectivity index (χ3v) is 4.74. The Balaban J connectivity index is 1.94. The summed E-state index contributed by atoms with van der Waals surface area (Å²) in [4.78, 5) is 21.5. The molecule has 2 heterocycles. The summed E-state index contributed by atoms with van der Waals surface area (Å²) in [6, 6.07) is 13.2. The van der Waals surface area contributed by atoms with Crippen LogP contribution >= 0.6 is 0 Å². The lowest BCUT2D eigenvalue weighted by Gasteiger charge is -2.17. The van der Waals surface area contributed by atoms with Gasteiger partial charge in [-0.3, -0.25) is 9.36 Å². The molecule has 5 heteroatoms. The highest BCUT2D eigenvalue weighted by Crippen LogP contribution is 2.19. The Hall–Kier alpha value is -2.69. The first kappa shape index (κ1) is 18.1. The highest BCUT2D eigenvalue weighted by atomic mass is 16.1. The molecule has 0 amide bonds. The van der Waals surface area contributed by atoms with Crippen molar-refractivity contribution < 1.29 is 0 Å². The van der Waals surface area contributed by atoms with Crippen LogP contribution in [0.5, 0.6) is 0 Å². The zero-order valence-corrected chi connectivity index (χ0v) is 15.5. The highest BCUT2D eigenvalue weighted by Gasteiger charge is 2.12. The second-order valence-corrected chi connectivity index (χ2v) is 6.66. The van der Waals surface area contributed by atoms with Crippen LogP contribution in [0, 0.1) is 5.92 Å². The third-order valence-electron chi connectivity index (χ3n) is 4.74. The summed E-state index contributed by atoms with van der Waals surface area (Å²) in [5, 5.41) is 4.09. The monoisotopic (exact) mass is 350 g/mol. The van der Waals surface area contributed by atoms with Gasteiger partial charge >= 0.3 is 0 Å². The number of hydrogen-bond acceptors (Lipinski definition) is 4. The van der Waals surface area contributed by atoms with Gasteiger partial charge in [0.15, 0.2) is 0 Å². The van der Waals surface area contributed by atoms with E-state index in [2.05, 4.69) is 29.1 Å². The Labute approximate surface area is 154 Å². The normalized spacial score (nSPS) is 12.2. The summed E-state index contributed by atoms with van der Waals surface area (Å²) in [5.74, 6) is 0.989. The van der Waals surface area contributed by atoms with Gasteiger partial charge in [0.1, 0.15) is 5.65 Å². The fourth-order valence-electron chi connectivity index (χ4n) is 3.13. The molecule has 0 saturated carbocycles. The molecule has 26 heavy (non-hydrogen) atoms. The SMILES string of the molecule is CCCCC(CC)Cn1c(=O)ccc2cnc(Nc3ccccc3)nc21. The van der Waals surface area contributed by atoms with Crippen molar-refractivity contribution in [3.8, 4) is 0 Å². The Morgan fingerprint density at radius 3 is 2.65 bits per heavy atom. The van der Waals surface area contributed by atoms with Gasteiger partial charge in [-0.25, -0.2) is 4.98 Å². The molecule has 0 fully saturated rings. The molecule has 1 aromatic carbocycles. The molecule has 1 N–H and O–H groups in total. The van der Waals surface area contributed by atoms with Gasteiger partial charge in [-0.1, -0.05) is 51.3 Å². The number of hydrogen-bond donors (Lipinski definition) is 1. The molecule has 136 valence electrons. The van der Waals surface area contributed by atoms with E-state index >= 15 is 0 Å². The number of aromatic nitrogens is 3. The average Bonchev–Trinajstić information content (AvgIpc) is 2.67. The van der Waals surface area contributed by atoms with E-state index in [1.54, 1.807) is 22.9 Å². The standard InChI is InChI=1S/C21H26N4O/c1-3-5-9-16(4-2)15-25-19(26)13-12-17-14-22-21(24-20(17)25)23-18-10-7-6-8-11-18/h6-8,10-14,16H,3-5,9,15H2,1-2H3,(H,22,23,24). The second-order valence-electron chi connectivity index (χ2n) is 6.66. The molecule has 5 nitrogen and oxygen atoms in total. The van der Waals surface area contributed by atoms with E-state index in [0.29, 0.717) is 24.1 Å². The van der Waals surface area contributed by atoms with Crippen LogP contribution in [0.15, 0.2) is 53.5 Å². The predicted molar refractivity (Wildman–Crippen MR) is 107 cm³/mol. The number of unbranched alkanes of at least 4 members (excludes halogenated alkanes) is 1. The van der Waals surface area contributed by atoms with E-state index in [1.807, 2.05) is 30.3 Å². The van der Waals surface area contributed by atoms with Gasteiger partial charge in [0.25, 0.3) is 5.56 Å². The van der Waals surface area contributed by atoms with Gasteiger partial charge in [-0.05, 0) is 30.5 Å². The minimum Gasteiger partial charge on any atom is -0.324 e. The molecular weight excluding hydrogens is 324 g/mol. The number of pyridine rings is 1. The summed E-state index contributed by atoms with van der Waals surface area (Å²) in [5.41, 5.74) is 1.61. The van der Waals surface area contributed by atoms with Crippen LogP contribution < -0.4 is 10.9 Å². The summed E-state index contributed by atoms with van der Waals surface area (Å²) < 4.78 is 1.80. The number of fused-ring (bicyclic) bond motifs is 1. The maximum atomic E-state index is 12.5. The Bertz CT molecular complexity index is 905. The second kappa shape index (κ2) is 8.61. The molecule has 0 aliphatic heterocycles. The zero-order valence-electron chi connectivity index (χ0n) is 15.5. The van der Waals surface area contributed by atoms with E-state index in [1.165, 1.54) is 12.8 Å². The average molecular weight is 350 g/mol. The lowest BCUT2D eigenvalue weighted by Crippen LogP contribution is -2.24. The number of para-hydroxylation sites is 1. The van der Waals surface area contributed by atoms with Gasteiger partial charge in [0, 0.05) is 29.9 Å². The highest BCUT2D eigenvalue weighted by molar-refractivity contribution is 5.75. The lowest BCUT2D eigenvalue weighted by atomic mass is 9.99. The summed E-state index contributed by atoms with van der Waals surface area (Å²) in [7, 11) is 0. The Morgan fingerprint density at radius 2 is 1.92 bits per heavy atom. The third kappa shape index (κ3) is 4.28. The van der Waals surface area contributed by atoms with E-state index < -0.39 is 0 Å². The first-order chi connectivity index (χ1) is 12.7. The van der Waals surface area contributed by atoms with Crippen molar-refractivity contribution in [1.29, 1.82) is 0 Å². The molecule has 2 aromatic heterocycles. The molecule has 0 bridgehead atoms. The van der Waals surface area contributed by atoms with E-state index in [0.717, 1.165) is 23.9 Å². The fourth-order valence-corrected chi connectivity index (χ4v) is 3.13. The molecular formula is C21H26N4O.